The SMILES string of the molecule is Cc1cc(C(=O)O[C@H](C)C(=O)N2c3ccccc3C[C@@H]2C)ccc1[N+](=O)[O-]. The molecule has 27 heavy (non-hydrogen) atoms. The number of nitro benzene ring substituents is 1. The fourth-order valence-corrected chi connectivity index (χ4v) is 3.36. The molecule has 0 spiro atoms. The molecule has 1 amide bonds. The molecule has 1 heterocycles. The highest BCUT2D eigenvalue weighted by molar-refractivity contribution is 6.01. The lowest BCUT2D eigenvalue weighted by Gasteiger charge is -2.26. The number of fused-ring (bicyclic) bond motifs is 1. The van der Waals surface area contributed by atoms with Gasteiger partial charge in [-0.2, -0.15) is 0 Å². The molecule has 0 fully saturated rings. The van der Waals surface area contributed by atoms with Gasteiger partial charge in [0, 0.05) is 23.4 Å². The van der Waals surface area contributed by atoms with Crippen LogP contribution in [0.2, 0.25) is 0 Å². The monoisotopic (exact) mass is 368 g/mol. The lowest BCUT2D eigenvalue weighted by Crippen LogP contribution is -2.43. The molecule has 0 bridgehead atoms. The number of ether oxygens (including phenoxy) is 1. The van der Waals surface area contributed by atoms with Gasteiger partial charge in [0.05, 0.1) is 10.5 Å². The van der Waals surface area contributed by atoms with Crippen LogP contribution >= 0.6 is 0 Å². The highest BCUT2D eigenvalue weighted by Crippen LogP contribution is 2.32. The Morgan fingerprint density at radius 1 is 1.26 bits per heavy atom. The Labute approximate surface area is 156 Å². The number of amides is 1. The van der Waals surface area contributed by atoms with Gasteiger partial charge in [-0.05, 0) is 51.0 Å². The molecule has 3 rings (SSSR count). The first-order valence-electron chi connectivity index (χ1n) is 8.66. The van der Waals surface area contributed by atoms with E-state index in [-0.39, 0.29) is 23.2 Å². The van der Waals surface area contributed by atoms with Gasteiger partial charge < -0.3 is 9.64 Å². The van der Waals surface area contributed by atoms with Gasteiger partial charge in [-0.25, -0.2) is 4.79 Å². The summed E-state index contributed by atoms with van der Waals surface area (Å²) in [6.45, 7) is 5.03. The van der Waals surface area contributed by atoms with E-state index < -0.39 is 17.0 Å². The van der Waals surface area contributed by atoms with Gasteiger partial charge in [0.1, 0.15) is 0 Å². The zero-order chi connectivity index (χ0) is 19.7. The van der Waals surface area contributed by atoms with E-state index in [1.165, 1.54) is 25.1 Å². The minimum absolute atomic E-state index is 0.0160. The highest BCUT2D eigenvalue weighted by atomic mass is 16.6. The Balaban J connectivity index is 1.74. The predicted molar refractivity (Wildman–Crippen MR) is 99.8 cm³/mol. The third kappa shape index (κ3) is 3.53. The Morgan fingerprint density at radius 3 is 2.63 bits per heavy atom. The number of aryl methyl sites for hydroxylation is 1. The summed E-state index contributed by atoms with van der Waals surface area (Å²) >= 11 is 0. The van der Waals surface area contributed by atoms with Crippen molar-refractivity contribution in [3.05, 3.63) is 69.3 Å². The van der Waals surface area contributed by atoms with E-state index in [0.29, 0.717) is 5.56 Å². The maximum absolute atomic E-state index is 12.9. The number of anilines is 1. The fourth-order valence-electron chi connectivity index (χ4n) is 3.36. The molecular formula is C20H20N2O5. The molecule has 0 saturated heterocycles. The van der Waals surface area contributed by atoms with Gasteiger partial charge in [0.15, 0.2) is 6.10 Å². The minimum atomic E-state index is -0.971. The van der Waals surface area contributed by atoms with Gasteiger partial charge in [-0.3, -0.25) is 14.9 Å². The van der Waals surface area contributed by atoms with Crippen LogP contribution in [0.5, 0.6) is 0 Å². The van der Waals surface area contributed by atoms with Crippen LogP contribution in [0.4, 0.5) is 11.4 Å². The van der Waals surface area contributed by atoms with Crippen LogP contribution in [0.25, 0.3) is 0 Å². The molecule has 0 radical (unpaired) electrons. The van der Waals surface area contributed by atoms with Crippen molar-refractivity contribution in [1.29, 1.82) is 0 Å². The summed E-state index contributed by atoms with van der Waals surface area (Å²) in [7, 11) is 0. The topological polar surface area (TPSA) is 89.8 Å². The molecule has 0 saturated carbocycles. The van der Waals surface area contributed by atoms with Crippen LogP contribution in [0, 0.1) is 17.0 Å². The number of carbonyl (C=O) groups is 2. The number of hydrogen-bond donors (Lipinski definition) is 0. The fraction of sp³-hybridized carbons (Fsp3) is 0.300. The van der Waals surface area contributed by atoms with Crippen molar-refractivity contribution in [3.8, 4) is 0 Å². The van der Waals surface area contributed by atoms with Crippen molar-refractivity contribution in [1.82, 2.24) is 0 Å². The lowest BCUT2D eigenvalue weighted by molar-refractivity contribution is -0.385. The molecule has 7 heteroatoms. The number of benzene rings is 2. The largest absolute Gasteiger partial charge is 0.449 e. The maximum Gasteiger partial charge on any atom is 0.338 e. The normalized spacial score (nSPS) is 16.6. The summed E-state index contributed by atoms with van der Waals surface area (Å²) in [4.78, 5) is 37.3. The van der Waals surface area contributed by atoms with E-state index in [1.807, 2.05) is 31.2 Å². The Hall–Kier alpha value is -3.22. The molecule has 0 aromatic heterocycles. The number of para-hydroxylation sites is 1. The quantitative estimate of drug-likeness (QED) is 0.468. The summed E-state index contributed by atoms with van der Waals surface area (Å²) in [6.07, 6.45) is -0.217. The second-order valence-electron chi connectivity index (χ2n) is 6.70. The number of hydrogen-bond acceptors (Lipinski definition) is 5. The molecule has 0 unspecified atom stereocenters. The number of esters is 1. The van der Waals surface area contributed by atoms with Crippen molar-refractivity contribution in [2.24, 2.45) is 0 Å². The molecule has 2 atom stereocenters. The van der Waals surface area contributed by atoms with Crippen LogP contribution < -0.4 is 4.90 Å². The van der Waals surface area contributed by atoms with Crippen LogP contribution in [-0.2, 0) is 16.0 Å². The summed E-state index contributed by atoms with van der Waals surface area (Å²) in [6, 6.07) is 11.6. The third-order valence-electron chi connectivity index (χ3n) is 4.71. The Bertz CT molecular complexity index is 924. The van der Waals surface area contributed by atoms with Gasteiger partial charge in [-0.1, -0.05) is 18.2 Å². The molecule has 2 aromatic rings. The van der Waals surface area contributed by atoms with E-state index in [2.05, 4.69) is 0 Å². The smallest absolute Gasteiger partial charge is 0.338 e. The molecule has 1 aliphatic heterocycles. The van der Waals surface area contributed by atoms with Crippen LogP contribution in [0.1, 0.15) is 35.3 Å². The standard InChI is InChI=1S/C20H20N2O5/c1-12-10-16(8-9-17(12)22(25)26)20(24)27-14(3)19(23)21-13(2)11-15-6-4-5-7-18(15)21/h4-10,13-14H,11H2,1-3H3/t13-,14+/m0/s1. The molecule has 7 nitrogen and oxygen atoms in total. The zero-order valence-corrected chi connectivity index (χ0v) is 15.3. The third-order valence-corrected chi connectivity index (χ3v) is 4.71. The molecule has 0 N–H and O–H groups in total. The summed E-state index contributed by atoms with van der Waals surface area (Å²) in [5.41, 5.74) is 2.38. The van der Waals surface area contributed by atoms with Gasteiger partial charge in [0.25, 0.3) is 11.6 Å². The summed E-state index contributed by atoms with van der Waals surface area (Å²) in [5, 5.41) is 10.9. The Kier molecular flexibility index (Phi) is 4.94. The van der Waals surface area contributed by atoms with Crippen LogP contribution in [-0.4, -0.2) is 28.9 Å². The second kappa shape index (κ2) is 7.19. The van der Waals surface area contributed by atoms with E-state index in [1.54, 1.807) is 11.8 Å². The van der Waals surface area contributed by atoms with Crippen LogP contribution in [0.3, 0.4) is 0 Å². The van der Waals surface area contributed by atoms with Crippen molar-refractivity contribution in [2.45, 2.75) is 39.3 Å². The number of carbonyl (C=O) groups excluding carboxylic acids is 2. The zero-order valence-electron chi connectivity index (χ0n) is 15.3. The number of nitrogens with zero attached hydrogens (tertiary/aromatic N) is 2. The first kappa shape index (κ1) is 18.6. The highest BCUT2D eigenvalue weighted by Gasteiger charge is 2.34. The average molecular weight is 368 g/mol. The van der Waals surface area contributed by atoms with Crippen molar-refractivity contribution in [2.75, 3.05) is 4.90 Å². The van der Waals surface area contributed by atoms with Crippen LogP contribution in [0.15, 0.2) is 42.5 Å². The Morgan fingerprint density at radius 2 is 1.96 bits per heavy atom. The number of nitro groups is 1. The van der Waals surface area contributed by atoms with Gasteiger partial charge >= 0.3 is 5.97 Å². The maximum atomic E-state index is 12.9. The van der Waals surface area contributed by atoms with E-state index >= 15 is 0 Å². The average Bonchev–Trinajstić information content (AvgIpc) is 2.96. The molecule has 140 valence electrons. The van der Waals surface area contributed by atoms with E-state index in [9.17, 15) is 19.7 Å². The predicted octanol–water partition coefficient (Wildman–Crippen LogP) is 3.43. The molecule has 0 aliphatic carbocycles. The van der Waals surface area contributed by atoms with Crippen molar-refractivity contribution < 1.29 is 19.2 Å². The summed E-state index contributed by atoms with van der Waals surface area (Å²) < 4.78 is 5.33. The van der Waals surface area contributed by atoms with Crippen molar-refractivity contribution >= 4 is 23.3 Å². The van der Waals surface area contributed by atoms with E-state index in [0.717, 1.165) is 17.7 Å². The first-order chi connectivity index (χ1) is 12.8. The molecule has 2 aromatic carbocycles. The van der Waals surface area contributed by atoms with E-state index in [4.69, 9.17) is 4.74 Å². The van der Waals surface area contributed by atoms with Gasteiger partial charge in [-0.15, -0.1) is 0 Å². The minimum Gasteiger partial charge on any atom is -0.449 e. The number of rotatable bonds is 4. The summed E-state index contributed by atoms with van der Waals surface area (Å²) in [5.74, 6) is -0.978. The van der Waals surface area contributed by atoms with Gasteiger partial charge in [0.2, 0.25) is 0 Å². The van der Waals surface area contributed by atoms with Crippen molar-refractivity contribution in [3.63, 3.8) is 0 Å². The molecule has 1 aliphatic rings. The lowest BCUT2D eigenvalue weighted by atomic mass is 10.1. The first-order valence-corrected chi connectivity index (χ1v) is 8.66. The molecular weight excluding hydrogens is 348 g/mol. The second-order valence-corrected chi connectivity index (χ2v) is 6.70.